The number of nitrogen functional groups attached to an aromatic ring is 1. The average Bonchev–Trinajstić information content (AvgIpc) is 2.39. The van der Waals surface area contributed by atoms with E-state index in [1.807, 2.05) is 0 Å². The Bertz CT molecular complexity index is 672. The van der Waals surface area contributed by atoms with Gasteiger partial charge in [0, 0.05) is 11.3 Å². The molecule has 0 heterocycles. The summed E-state index contributed by atoms with van der Waals surface area (Å²) in [6.07, 6.45) is 0. The fourth-order valence-corrected chi connectivity index (χ4v) is 2.07. The third-order valence-corrected chi connectivity index (χ3v) is 3.14. The van der Waals surface area contributed by atoms with Crippen LogP contribution in [0.5, 0.6) is 0 Å². The predicted octanol–water partition coefficient (Wildman–Crippen LogP) is 2.64. The van der Waals surface area contributed by atoms with E-state index >= 15 is 0 Å². The second kappa shape index (κ2) is 5.05. The molecule has 2 aromatic rings. The molecule has 0 fully saturated rings. The Kier molecular flexibility index (Phi) is 3.43. The highest BCUT2D eigenvalue weighted by Gasteiger charge is 2.18. The minimum Gasteiger partial charge on any atom is -0.478 e. The number of rotatable bonds is 3. The van der Waals surface area contributed by atoms with E-state index in [0.29, 0.717) is 16.8 Å². The summed E-state index contributed by atoms with van der Waals surface area (Å²) in [5.74, 6) is -2.33. The standard InChI is InChI=1S/C15H13NO4/c1-8-11(14(17)18)6-9(7-12(8)15(19)20)10-4-2-3-5-13(10)16/h2-7H,16H2,1H3,(H,17,18)(H,19,20). The number of carbonyl (C=O) groups is 2. The van der Waals surface area contributed by atoms with E-state index in [-0.39, 0.29) is 16.7 Å². The second-order valence-electron chi connectivity index (χ2n) is 4.39. The molecule has 2 aromatic carbocycles. The van der Waals surface area contributed by atoms with E-state index in [1.54, 1.807) is 24.3 Å². The molecule has 0 atom stereocenters. The number of nitrogens with two attached hydrogens (primary N) is 1. The second-order valence-corrected chi connectivity index (χ2v) is 4.39. The molecule has 20 heavy (non-hydrogen) atoms. The molecule has 5 nitrogen and oxygen atoms in total. The Balaban J connectivity index is 2.75. The molecule has 0 spiro atoms. The molecule has 2 rings (SSSR count). The first-order chi connectivity index (χ1) is 9.41. The van der Waals surface area contributed by atoms with Crippen molar-refractivity contribution in [3.05, 3.63) is 53.1 Å². The summed E-state index contributed by atoms with van der Waals surface area (Å²) in [6, 6.07) is 9.79. The molecule has 0 aliphatic rings. The highest BCUT2D eigenvalue weighted by atomic mass is 16.4. The number of hydrogen-bond donors (Lipinski definition) is 3. The molecule has 0 aliphatic carbocycles. The van der Waals surface area contributed by atoms with Crippen molar-refractivity contribution in [1.29, 1.82) is 0 Å². The van der Waals surface area contributed by atoms with E-state index in [9.17, 15) is 19.8 Å². The van der Waals surface area contributed by atoms with Crippen molar-refractivity contribution in [3.63, 3.8) is 0 Å². The van der Waals surface area contributed by atoms with Crippen molar-refractivity contribution < 1.29 is 19.8 Å². The highest BCUT2D eigenvalue weighted by molar-refractivity contribution is 5.99. The smallest absolute Gasteiger partial charge is 0.335 e. The van der Waals surface area contributed by atoms with Gasteiger partial charge in [0.2, 0.25) is 0 Å². The summed E-state index contributed by atoms with van der Waals surface area (Å²) < 4.78 is 0. The van der Waals surface area contributed by atoms with Crippen LogP contribution in [0.2, 0.25) is 0 Å². The zero-order valence-electron chi connectivity index (χ0n) is 10.8. The summed E-state index contributed by atoms with van der Waals surface area (Å²) in [5, 5.41) is 18.4. The Labute approximate surface area is 115 Å². The zero-order valence-corrected chi connectivity index (χ0v) is 10.8. The average molecular weight is 271 g/mol. The molecule has 0 saturated carbocycles. The number of anilines is 1. The van der Waals surface area contributed by atoms with E-state index in [2.05, 4.69) is 0 Å². The van der Waals surface area contributed by atoms with Gasteiger partial charge in [0.25, 0.3) is 0 Å². The van der Waals surface area contributed by atoms with Crippen LogP contribution in [-0.4, -0.2) is 22.2 Å². The summed E-state index contributed by atoms with van der Waals surface area (Å²) in [5.41, 5.74) is 7.54. The molecule has 0 amide bonds. The third-order valence-electron chi connectivity index (χ3n) is 3.14. The highest BCUT2D eigenvalue weighted by Crippen LogP contribution is 2.29. The van der Waals surface area contributed by atoms with Gasteiger partial charge in [0.05, 0.1) is 11.1 Å². The normalized spacial score (nSPS) is 10.2. The van der Waals surface area contributed by atoms with Gasteiger partial charge in [-0.2, -0.15) is 0 Å². The summed E-state index contributed by atoms with van der Waals surface area (Å²) in [7, 11) is 0. The van der Waals surface area contributed by atoms with Crippen LogP contribution in [0.3, 0.4) is 0 Å². The van der Waals surface area contributed by atoms with E-state index in [4.69, 9.17) is 5.73 Å². The quantitative estimate of drug-likeness (QED) is 0.745. The molecule has 0 bridgehead atoms. The summed E-state index contributed by atoms with van der Waals surface area (Å²) in [6.45, 7) is 1.48. The van der Waals surface area contributed by atoms with E-state index in [0.717, 1.165) is 0 Å². The van der Waals surface area contributed by atoms with Gasteiger partial charge in [-0.05, 0) is 36.2 Å². The number of carboxylic acids is 2. The van der Waals surface area contributed by atoms with Gasteiger partial charge in [0.15, 0.2) is 0 Å². The number of benzene rings is 2. The van der Waals surface area contributed by atoms with Crippen molar-refractivity contribution in [3.8, 4) is 11.1 Å². The lowest BCUT2D eigenvalue weighted by Crippen LogP contribution is -2.08. The Morgan fingerprint density at radius 1 is 1.00 bits per heavy atom. The van der Waals surface area contributed by atoms with Gasteiger partial charge in [-0.15, -0.1) is 0 Å². The largest absolute Gasteiger partial charge is 0.478 e. The van der Waals surface area contributed by atoms with Gasteiger partial charge >= 0.3 is 11.9 Å². The first kappa shape index (κ1) is 13.6. The maximum Gasteiger partial charge on any atom is 0.335 e. The zero-order chi connectivity index (χ0) is 14.9. The Morgan fingerprint density at radius 2 is 1.50 bits per heavy atom. The lowest BCUT2D eigenvalue weighted by Gasteiger charge is -2.11. The van der Waals surface area contributed by atoms with E-state index in [1.165, 1.54) is 19.1 Å². The summed E-state index contributed by atoms with van der Waals surface area (Å²) in [4.78, 5) is 22.5. The maximum absolute atomic E-state index is 11.2. The van der Waals surface area contributed by atoms with Crippen molar-refractivity contribution in [1.82, 2.24) is 0 Å². The van der Waals surface area contributed by atoms with Crippen LogP contribution < -0.4 is 5.73 Å². The van der Waals surface area contributed by atoms with Crippen LogP contribution >= 0.6 is 0 Å². The number of para-hydroxylation sites is 1. The topological polar surface area (TPSA) is 101 Å². The molecular weight excluding hydrogens is 258 g/mol. The number of hydrogen-bond acceptors (Lipinski definition) is 3. The van der Waals surface area contributed by atoms with Crippen LogP contribution in [0.15, 0.2) is 36.4 Å². The van der Waals surface area contributed by atoms with Gasteiger partial charge in [-0.25, -0.2) is 9.59 Å². The SMILES string of the molecule is Cc1c(C(=O)O)cc(-c2ccccc2N)cc1C(=O)O. The lowest BCUT2D eigenvalue weighted by atomic mass is 9.94. The number of aromatic carboxylic acids is 2. The van der Waals surface area contributed by atoms with Crippen molar-refractivity contribution in [2.75, 3.05) is 5.73 Å². The van der Waals surface area contributed by atoms with Gasteiger partial charge < -0.3 is 15.9 Å². The van der Waals surface area contributed by atoms with Gasteiger partial charge in [-0.1, -0.05) is 18.2 Å². The Hall–Kier alpha value is -2.82. The van der Waals surface area contributed by atoms with Gasteiger partial charge in [-0.3, -0.25) is 0 Å². The molecule has 102 valence electrons. The fourth-order valence-electron chi connectivity index (χ4n) is 2.07. The molecule has 0 aromatic heterocycles. The molecule has 0 unspecified atom stereocenters. The van der Waals surface area contributed by atoms with E-state index < -0.39 is 11.9 Å². The molecule has 0 radical (unpaired) electrons. The first-order valence-corrected chi connectivity index (χ1v) is 5.88. The monoisotopic (exact) mass is 271 g/mol. The molecule has 5 heteroatoms. The molecular formula is C15H13NO4. The molecule has 4 N–H and O–H groups in total. The van der Waals surface area contributed by atoms with Crippen LogP contribution in [0.1, 0.15) is 26.3 Å². The summed E-state index contributed by atoms with van der Waals surface area (Å²) >= 11 is 0. The molecule has 0 saturated heterocycles. The minimum atomic E-state index is -1.17. The van der Waals surface area contributed by atoms with Crippen LogP contribution in [0.4, 0.5) is 5.69 Å². The predicted molar refractivity (Wildman–Crippen MR) is 74.9 cm³/mol. The van der Waals surface area contributed by atoms with Crippen molar-refractivity contribution >= 4 is 17.6 Å². The fraction of sp³-hybridized carbons (Fsp3) is 0.0667. The van der Waals surface area contributed by atoms with Gasteiger partial charge in [0.1, 0.15) is 0 Å². The van der Waals surface area contributed by atoms with Crippen molar-refractivity contribution in [2.45, 2.75) is 6.92 Å². The Morgan fingerprint density at radius 3 is 1.95 bits per heavy atom. The third kappa shape index (κ3) is 2.33. The van der Waals surface area contributed by atoms with Crippen LogP contribution in [0, 0.1) is 6.92 Å². The first-order valence-electron chi connectivity index (χ1n) is 5.88. The number of carboxylic acid groups (broad SMARTS) is 2. The maximum atomic E-state index is 11.2. The lowest BCUT2D eigenvalue weighted by molar-refractivity contribution is 0.0696. The van der Waals surface area contributed by atoms with Crippen molar-refractivity contribution in [2.24, 2.45) is 0 Å². The van der Waals surface area contributed by atoms with Crippen LogP contribution in [-0.2, 0) is 0 Å². The minimum absolute atomic E-state index is 0.0387. The van der Waals surface area contributed by atoms with Crippen LogP contribution in [0.25, 0.3) is 11.1 Å². The molecule has 0 aliphatic heterocycles.